The number of nitrogens with zero attached hydrogens (tertiary/aromatic N) is 5. The fourth-order valence-corrected chi connectivity index (χ4v) is 7.07. The number of aromatic nitrogens is 5. The molecule has 0 spiro atoms. The molecule has 0 unspecified atom stereocenters. The molecule has 0 saturated heterocycles. The summed E-state index contributed by atoms with van der Waals surface area (Å²) in [6.45, 7) is 0. The van der Waals surface area contributed by atoms with Gasteiger partial charge in [-0.05, 0) is 56.3 Å². The highest BCUT2D eigenvalue weighted by atomic mass is 16.1. The molecule has 0 aliphatic carbocycles. The lowest BCUT2D eigenvalue weighted by molar-refractivity contribution is 0.795. The van der Waals surface area contributed by atoms with E-state index in [1.54, 1.807) is 9.13 Å². The van der Waals surface area contributed by atoms with Gasteiger partial charge in [0.1, 0.15) is 0 Å². The number of rotatable bonds is 6. The molecule has 0 N–H and O–H groups in total. The average molecular weight is 672 g/mol. The first-order valence-corrected chi connectivity index (χ1v) is 17.3. The molecule has 2 heterocycles. The maximum Gasteiger partial charge on any atom is 0.328 e. The molecular formula is C46H33N5O. The first kappa shape index (κ1) is 31.1. The van der Waals surface area contributed by atoms with Crippen molar-refractivity contribution in [3.05, 3.63) is 174 Å². The molecule has 52 heavy (non-hydrogen) atoms. The second kappa shape index (κ2) is 12.8. The lowest BCUT2D eigenvalue weighted by atomic mass is 9.91. The first-order chi connectivity index (χ1) is 25.5. The highest BCUT2D eigenvalue weighted by Gasteiger charge is 2.15. The van der Waals surface area contributed by atoms with Crippen molar-refractivity contribution in [3.8, 4) is 67.5 Å². The van der Waals surface area contributed by atoms with E-state index in [9.17, 15) is 4.79 Å². The van der Waals surface area contributed by atoms with Crippen LogP contribution in [0, 0.1) is 0 Å². The van der Waals surface area contributed by atoms with Crippen molar-refractivity contribution in [2.45, 2.75) is 0 Å². The number of hydrogen-bond donors (Lipinski definition) is 0. The van der Waals surface area contributed by atoms with Gasteiger partial charge in [0.2, 0.25) is 0 Å². The fourth-order valence-electron chi connectivity index (χ4n) is 7.07. The summed E-state index contributed by atoms with van der Waals surface area (Å²) in [5.74, 6) is 1.93. The van der Waals surface area contributed by atoms with Gasteiger partial charge in [-0.1, -0.05) is 152 Å². The Morgan fingerprint density at radius 1 is 0.365 bits per heavy atom. The third kappa shape index (κ3) is 5.47. The van der Waals surface area contributed by atoms with Crippen molar-refractivity contribution < 1.29 is 0 Å². The minimum atomic E-state index is -0.0219. The molecule has 0 atom stereocenters. The lowest BCUT2D eigenvalue weighted by Gasteiger charge is -2.13. The van der Waals surface area contributed by atoms with Crippen LogP contribution >= 0.6 is 0 Å². The van der Waals surface area contributed by atoms with Gasteiger partial charge >= 0.3 is 5.69 Å². The van der Waals surface area contributed by atoms with Gasteiger partial charge in [0.05, 0.1) is 11.0 Å². The van der Waals surface area contributed by atoms with E-state index >= 15 is 0 Å². The van der Waals surface area contributed by atoms with Gasteiger partial charge in [0.25, 0.3) is 0 Å². The predicted octanol–water partition coefficient (Wildman–Crippen LogP) is 10.2. The summed E-state index contributed by atoms with van der Waals surface area (Å²) in [5.41, 5.74) is 11.4. The molecule has 0 aliphatic rings. The van der Waals surface area contributed by atoms with Gasteiger partial charge in [0.15, 0.2) is 17.5 Å². The monoisotopic (exact) mass is 671 g/mol. The quantitative estimate of drug-likeness (QED) is 0.177. The SMILES string of the molecule is Cn1c(=O)n(C)c2cc(-c3ccc(-c4ccc(-c5ccc(-c6nc(-c7ccccc7)nc(-c7ccccc7)n6)cc5)c5ccccc45)cc3)ccc21. The van der Waals surface area contributed by atoms with Crippen LogP contribution in [0.4, 0.5) is 0 Å². The van der Waals surface area contributed by atoms with Crippen molar-refractivity contribution >= 4 is 21.8 Å². The van der Waals surface area contributed by atoms with Gasteiger partial charge < -0.3 is 0 Å². The molecule has 6 heteroatoms. The molecule has 248 valence electrons. The fraction of sp³-hybridized carbons (Fsp3) is 0.0435. The molecule has 0 saturated carbocycles. The Kier molecular flexibility index (Phi) is 7.63. The summed E-state index contributed by atoms with van der Waals surface area (Å²) in [6, 6.07) is 56.5. The number of benzene rings is 7. The van der Waals surface area contributed by atoms with Gasteiger partial charge in [-0.3, -0.25) is 9.13 Å². The Labute approximate surface area is 301 Å². The Bertz CT molecular complexity index is 2740. The van der Waals surface area contributed by atoms with E-state index < -0.39 is 0 Å². The van der Waals surface area contributed by atoms with Crippen LogP contribution in [-0.4, -0.2) is 24.1 Å². The second-order valence-corrected chi connectivity index (χ2v) is 13.0. The van der Waals surface area contributed by atoms with Crippen LogP contribution in [-0.2, 0) is 14.1 Å². The first-order valence-electron chi connectivity index (χ1n) is 17.3. The zero-order valence-electron chi connectivity index (χ0n) is 28.7. The van der Waals surface area contributed by atoms with Gasteiger partial charge in [-0.25, -0.2) is 19.7 Å². The van der Waals surface area contributed by atoms with Crippen molar-refractivity contribution in [1.82, 2.24) is 24.1 Å². The van der Waals surface area contributed by atoms with Gasteiger partial charge in [0, 0.05) is 30.8 Å². The Balaban J connectivity index is 1.05. The van der Waals surface area contributed by atoms with Crippen LogP contribution in [0.3, 0.4) is 0 Å². The molecule has 2 aromatic heterocycles. The second-order valence-electron chi connectivity index (χ2n) is 13.0. The summed E-state index contributed by atoms with van der Waals surface area (Å²) in [5, 5.41) is 2.38. The Morgan fingerprint density at radius 2 is 0.750 bits per heavy atom. The van der Waals surface area contributed by atoms with Crippen LogP contribution in [0.2, 0.25) is 0 Å². The van der Waals surface area contributed by atoms with Gasteiger partial charge in [-0.15, -0.1) is 0 Å². The van der Waals surface area contributed by atoms with E-state index in [1.807, 2.05) is 80.8 Å². The third-order valence-corrected chi connectivity index (χ3v) is 9.88. The van der Waals surface area contributed by atoms with E-state index in [0.717, 1.165) is 55.5 Å². The highest BCUT2D eigenvalue weighted by molar-refractivity contribution is 6.05. The van der Waals surface area contributed by atoms with Gasteiger partial charge in [-0.2, -0.15) is 0 Å². The molecule has 0 radical (unpaired) electrons. The number of aryl methyl sites for hydroxylation is 2. The van der Waals surface area contributed by atoms with Crippen molar-refractivity contribution in [2.24, 2.45) is 14.1 Å². The van der Waals surface area contributed by atoms with E-state index in [2.05, 4.69) is 97.1 Å². The van der Waals surface area contributed by atoms with Crippen molar-refractivity contribution in [1.29, 1.82) is 0 Å². The highest BCUT2D eigenvalue weighted by Crippen LogP contribution is 2.37. The Hall–Kier alpha value is -6.92. The maximum absolute atomic E-state index is 12.5. The molecule has 0 amide bonds. The molecule has 0 bridgehead atoms. The zero-order chi connectivity index (χ0) is 35.2. The summed E-state index contributed by atoms with van der Waals surface area (Å²) >= 11 is 0. The van der Waals surface area contributed by atoms with Crippen LogP contribution in [0.25, 0.3) is 89.4 Å². The molecule has 0 fully saturated rings. The van der Waals surface area contributed by atoms with Crippen LogP contribution in [0.1, 0.15) is 0 Å². The third-order valence-electron chi connectivity index (χ3n) is 9.88. The minimum absolute atomic E-state index is 0.0219. The molecule has 9 rings (SSSR count). The van der Waals surface area contributed by atoms with E-state index in [0.29, 0.717) is 17.5 Å². The van der Waals surface area contributed by atoms with E-state index in [1.165, 1.54) is 16.3 Å². The van der Waals surface area contributed by atoms with Crippen LogP contribution in [0.15, 0.2) is 169 Å². The topological polar surface area (TPSA) is 65.6 Å². The molecule has 6 nitrogen and oxygen atoms in total. The smallest absolute Gasteiger partial charge is 0.295 e. The molecule has 7 aromatic carbocycles. The summed E-state index contributed by atoms with van der Waals surface area (Å²) in [7, 11) is 3.63. The summed E-state index contributed by atoms with van der Waals surface area (Å²) in [4.78, 5) is 27.1. The summed E-state index contributed by atoms with van der Waals surface area (Å²) < 4.78 is 3.38. The van der Waals surface area contributed by atoms with E-state index in [-0.39, 0.29) is 5.69 Å². The van der Waals surface area contributed by atoms with E-state index in [4.69, 9.17) is 15.0 Å². The maximum atomic E-state index is 12.5. The van der Waals surface area contributed by atoms with Crippen molar-refractivity contribution in [3.63, 3.8) is 0 Å². The lowest BCUT2D eigenvalue weighted by Crippen LogP contribution is -2.19. The largest absolute Gasteiger partial charge is 0.328 e. The number of imidazole rings is 1. The minimum Gasteiger partial charge on any atom is -0.295 e. The number of fused-ring (bicyclic) bond motifs is 2. The molecular weight excluding hydrogens is 639 g/mol. The normalized spacial score (nSPS) is 11.3. The van der Waals surface area contributed by atoms with Crippen LogP contribution in [0.5, 0.6) is 0 Å². The molecule has 0 aliphatic heterocycles. The molecule has 9 aromatic rings. The number of hydrogen-bond acceptors (Lipinski definition) is 4. The standard InChI is InChI=1S/C46H33N5O/c1-50-41-28-25-36(29-42(41)51(2)46(50)52)30-17-19-31(20-18-30)37-26-27-38(40-16-10-9-15-39(37)40)32-21-23-35(24-22-32)45-48-43(33-11-5-3-6-12-33)47-44(49-45)34-13-7-4-8-14-34/h3-29H,1-2H3. The Morgan fingerprint density at radius 3 is 1.25 bits per heavy atom. The summed E-state index contributed by atoms with van der Waals surface area (Å²) in [6.07, 6.45) is 0. The predicted molar refractivity (Wildman–Crippen MR) is 212 cm³/mol. The van der Waals surface area contributed by atoms with Crippen molar-refractivity contribution in [2.75, 3.05) is 0 Å². The zero-order valence-corrected chi connectivity index (χ0v) is 28.7. The van der Waals surface area contributed by atoms with Crippen LogP contribution < -0.4 is 5.69 Å². The average Bonchev–Trinajstić information content (AvgIpc) is 3.44.